The fraction of sp³-hybridized carbons (Fsp3) is 0.188. The number of anilines is 1. The van der Waals surface area contributed by atoms with Gasteiger partial charge in [-0.1, -0.05) is 12.1 Å². The molecule has 20 heavy (non-hydrogen) atoms. The molecule has 0 bridgehead atoms. The Morgan fingerprint density at radius 1 is 1.25 bits per heavy atom. The number of rotatable bonds is 4. The maximum absolute atomic E-state index is 13.7. The van der Waals surface area contributed by atoms with Gasteiger partial charge in [-0.15, -0.1) is 0 Å². The molecule has 0 aliphatic carbocycles. The fourth-order valence-electron chi connectivity index (χ4n) is 2.00. The van der Waals surface area contributed by atoms with Gasteiger partial charge in [-0.2, -0.15) is 0 Å². The zero-order valence-corrected chi connectivity index (χ0v) is 11.5. The summed E-state index contributed by atoms with van der Waals surface area (Å²) < 4.78 is 13.7. The van der Waals surface area contributed by atoms with Crippen LogP contribution in [-0.2, 0) is 6.54 Å². The van der Waals surface area contributed by atoms with E-state index in [4.69, 9.17) is 5.73 Å². The van der Waals surface area contributed by atoms with Crippen LogP contribution in [0.4, 0.5) is 10.1 Å². The molecule has 0 saturated carbocycles. The molecule has 4 heteroatoms. The third-order valence-corrected chi connectivity index (χ3v) is 3.40. The first-order chi connectivity index (χ1) is 9.49. The number of primary amides is 1. The molecule has 3 nitrogen and oxygen atoms in total. The van der Waals surface area contributed by atoms with E-state index in [1.807, 2.05) is 32.0 Å². The average molecular weight is 272 g/mol. The normalized spacial score (nSPS) is 10.3. The van der Waals surface area contributed by atoms with Crippen molar-refractivity contribution in [1.82, 2.24) is 0 Å². The van der Waals surface area contributed by atoms with Crippen LogP contribution in [0.2, 0.25) is 0 Å². The number of halogens is 1. The van der Waals surface area contributed by atoms with E-state index in [0.29, 0.717) is 17.7 Å². The number of carbonyl (C=O) groups excluding carboxylic acids is 1. The Balaban J connectivity index is 2.20. The minimum Gasteiger partial charge on any atom is -0.381 e. The van der Waals surface area contributed by atoms with Crippen molar-refractivity contribution >= 4 is 11.6 Å². The molecule has 0 radical (unpaired) electrons. The Hall–Kier alpha value is -2.36. The predicted molar refractivity (Wildman–Crippen MR) is 78.2 cm³/mol. The van der Waals surface area contributed by atoms with E-state index in [9.17, 15) is 9.18 Å². The molecule has 0 fully saturated rings. The van der Waals surface area contributed by atoms with Crippen molar-refractivity contribution in [2.45, 2.75) is 20.4 Å². The molecular weight excluding hydrogens is 255 g/mol. The molecule has 3 N–H and O–H groups in total. The molecule has 0 aromatic heterocycles. The lowest BCUT2D eigenvalue weighted by atomic mass is 10.1. The van der Waals surface area contributed by atoms with Gasteiger partial charge in [0.1, 0.15) is 5.82 Å². The van der Waals surface area contributed by atoms with Crippen LogP contribution in [0.15, 0.2) is 36.4 Å². The standard InChI is InChI=1S/C16H17FN2O/c1-10-4-3-5-15(11(10)2)19-9-13-8-12(16(18)20)6-7-14(13)17/h3-8,19H,9H2,1-2H3,(H2,18,20). The number of hydrogen-bond acceptors (Lipinski definition) is 2. The van der Waals surface area contributed by atoms with Crippen LogP contribution in [0, 0.1) is 19.7 Å². The molecule has 0 heterocycles. The van der Waals surface area contributed by atoms with Crippen LogP contribution >= 0.6 is 0 Å². The zero-order valence-electron chi connectivity index (χ0n) is 11.5. The van der Waals surface area contributed by atoms with E-state index in [0.717, 1.165) is 11.3 Å². The molecule has 0 unspecified atom stereocenters. The molecule has 0 atom stereocenters. The minimum absolute atomic E-state index is 0.303. The van der Waals surface area contributed by atoms with Gasteiger partial charge in [-0.05, 0) is 49.2 Å². The van der Waals surface area contributed by atoms with Crippen LogP contribution in [-0.4, -0.2) is 5.91 Å². The van der Waals surface area contributed by atoms with E-state index in [2.05, 4.69) is 5.32 Å². The highest BCUT2D eigenvalue weighted by Crippen LogP contribution is 2.19. The fourth-order valence-corrected chi connectivity index (χ4v) is 2.00. The van der Waals surface area contributed by atoms with Gasteiger partial charge in [-0.3, -0.25) is 4.79 Å². The molecular formula is C16H17FN2O. The van der Waals surface area contributed by atoms with Crippen molar-refractivity contribution in [3.05, 3.63) is 64.5 Å². The van der Waals surface area contributed by atoms with Crippen molar-refractivity contribution in [1.29, 1.82) is 0 Å². The van der Waals surface area contributed by atoms with Crippen molar-refractivity contribution in [3.8, 4) is 0 Å². The number of nitrogens with one attached hydrogen (secondary N) is 1. The van der Waals surface area contributed by atoms with Gasteiger partial charge in [0.25, 0.3) is 0 Å². The van der Waals surface area contributed by atoms with Crippen molar-refractivity contribution < 1.29 is 9.18 Å². The molecule has 104 valence electrons. The Bertz CT molecular complexity index is 653. The van der Waals surface area contributed by atoms with E-state index in [-0.39, 0.29) is 5.82 Å². The summed E-state index contributed by atoms with van der Waals surface area (Å²) in [5.41, 5.74) is 9.17. The van der Waals surface area contributed by atoms with Crippen LogP contribution in [0.25, 0.3) is 0 Å². The lowest BCUT2D eigenvalue weighted by molar-refractivity contribution is 0.1000. The molecule has 0 aliphatic rings. The summed E-state index contributed by atoms with van der Waals surface area (Å²) in [6, 6.07) is 10.0. The largest absolute Gasteiger partial charge is 0.381 e. The van der Waals surface area contributed by atoms with Crippen LogP contribution in [0.5, 0.6) is 0 Å². The van der Waals surface area contributed by atoms with Crippen molar-refractivity contribution in [2.75, 3.05) is 5.32 Å². The molecule has 0 aliphatic heterocycles. The summed E-state index contributed by atoms with van der Waals surface area (Å²) in [4.78, 5) is 11.1. The highest BCUT2D eigenvalue weighted by atomic mass is 19.1. The molecule has 2 aromatic rings. The SMILES string of the molecule is Cc1cccc(NCc2cc(C(N)=O)ccc2F)c1C. The predicted octanol–water partition coefficient (Wildman–Crippen LogP) is 3.15. The molecule has 0 saturated heterocycles. The first kappa shape index (κ1) is 14.1. The maximum atomic E-state index is 13.7. The highest BCUT2D eigenvalue weighted by molar-refractivity contribution is 5.92. The number of nitrogens with two attached hydrogens (primary N) is 1. The molecule has 1 amide bonds. The first-order valence-corrected chi connectivity index (χ1v) is 6.37. The maximum Gasteiger partial charge on any atom is 0.248 e. The number of hydrogen-bond donors (Lipinski definition) is 2. The molecule has 2 rings (SSSR count). The third kappa shape index (κ3) is 2.96. The summed E-state index contributed by atoms with van der Waals surface area (Å²) >= 11 is 0. The van der Waals surface area contributed by atoms with Crippen molar-refractivity contribution in [3.63, 3.8) is 0 Å². The lowest BCUT2D eigenvalue weighted by Gasteiger charge is -2.12. The Kier molecular flexibility index (Phi) is 4.03. The number of carbonyl (C=O) groups is 1. The van der Waals surface area contributed by atoms with Crippen LogP contribution in [0.1, 0.15) is 27.0 Å². The van der Waals surface area contributed by atoms with E-state index in [1.165, 1.54) is 23.8 Å². The van der Waals surface area contributed by atoms with Gasteiger partial charge < -0.3 is 11.1 Å². The quantitative estimate of drug-likeness (QED) is 0.898. The lowest BCUT2D eigenvalue weighted by Crippen LogP contribution is -2.12. The second kappa shape index (κ2) is 5.74. The zero-order chi connectivity index (χ0) is 14.7. The first-order valence-electron chi connectivity index (χ1n) is 6.37. The summed E-state index contributed by atoms with van der Waals surface area (Å²) in [5, 5.41) is 3.18. The Morgan fingerprint density at radius 2 is 2.00 bits per heavy atom. The van der Waals surface area contributed by atoms with Gasteiger partial charge in [0, 0.05) is 23.4 Å². The molecule has 2 aromatic carbocycles. The van der Waals surface area contributed by atoms with Gasteiger partial charge in [0.05, 0.1) is 0 Å². The van der Waals surface area contributed by atoms with Gasteiger partial charge in [-0.25, -0.2) is 4.39 Å². The van der Waals surface area contributed by atoms with E-state index in [1.54, 1.807) is 0 Å². The number of amides is 1. The van der Waals surface area contributed by atoms with Gasteiger partial charge in [0.15, 0.2) is 0 Å². The topological polar surface area (TPSA) is 55.1 Å². The summed E-state index contributed by atoms with van der Waals surface area (Å²) in [6.45, 7) is 4.33. The van der Waals surface area contributed by atoms with Gasteiger partial charge in [0.2, 0.25) is 5.91 Å². The summed E-state index contributed by atoms with van der Waals surface area (Å²) in [5.74, 6) is -0.911. The monoisotopic (exact) mass is 272 g/mol. The highest BCUT2D eigenvalue weighted by Gasteiger charge is 2.08. The summed E-state index contributed by atoms with van der Waals surface area (Å²) in [7, 11) is 0. The van der Waals surface area contributed by atoms with Crippen molar-refractivity contribution in [2.24, 2.45) is 5.73 Å². The number of benzene rings is 2. The second-order valence-electron chi connectivity index (χ2n) is 4.77. The Labute approximate surface area is 117 Å². The van der Waals surface area contributed by atoms with E-state index >= 15 is 0 Å². The Morgan fingerprint density at radius 3 is 2.70 bits per heavy atom. The molecule has 0 spiro atoms. The van der Waals surface area contributed by atoms with Gasteiger partial charge >= 0.3 is 0 Å². The third-order valence-electron chi connectivity index (χ3n) is 3.40. The smallest absolute Gasteiger partial charge is 0.248 e. The van der Waals surface area contributed by atoms with Crippen LogP contribution in [0.3, 0.4) is 0 Å². The minimum atomic E-state index is -0.557. The van der Waals surface area contributed by atoms with E-state index < -0.39 is 5.91 Å². The van der Waals surface area contributed by atoms with Crippen LogP contribution < -0.4 is 11.1 Å². The number of aryl methyl sites for hydroxylation is 1. The second-order valence-corrected chi connectivity index (χ2v) is 4.77. The average Bonchev–Trinajstić information content (AvgIpc) is 2.41. The summed E-state index contributed by atoms with van der Waals surface area (Å²) in [6.07, 6.45) is 0.